The molecule has 0 aliphatic carbocycles. The van der Waals surface area contributed by atoms with Gasteiger partial charge in [-0.1, -0.05) is 23.5 Å². The van der Waals surface area contributed by atoms with Gasteiger partial charge in [0.15, 0.2) is 5.13 Å². The summed E-state index contributed by atoms with van der Waals surface area (Å²) in [7, 11) is 0. The Labute approximate surface area is 146 Å². The first-order valence-corrected chi connectivity index (χ1v) is 9.26. The molecule has 1 fully saturated rings. The van der Waals surface area contributed by atoms with Gasteiger partial charge >= 0.3 is 0 Å². The number of thiazole rings is 1. The first kappa shape index (κ1) is 15.5. The second-order valence-electron chi connectivity index (χ2n) is 6.43. The predicted molar refractivity (Wildman–Crippen MR) is 101 cm³/mol. The minimum absolute atomic E-state index is 0.937. The average molecular weight is 338 g/mol. The summed E-state index contributed by atoms with van der Waals surface area (Å²) in [6.45, 7) is 9.45. The quantitative estimate of drug-likeness (QED) is 0.730. The van der Waals surface area contributed by atoms with E-state index in [1.807, 2.05) is 23.6 Å². The van der Waals surface area contributed by atoms with Crippen LogP contribution in [0.2, 0.25) is 0 Å². The number of benzene rings is 1. The maximum absolute atomic E-state index is 4.92. The molecule has 0 amide bonds. The number of hydrogen-bond donors (Lipinski definition) is 0. The summed E-state index contributed by atoms with van der Waals surface area (Å²) in [5, 5.41) is 1.16. The molecule has 4 rings (SSSR count). The fourth-order valence-electron chi connectivity index (χ4n) is 3.17. The number of rotatable bonds is 3. The summed E-state index contributed by atoms with van der Waals surface area (Å²) >= 11 is 1.82. The Kier molecular flexibility index (Phi) is 4.21. The number of fused-ring (bicyclic) bond motifs is 1. The molecule has 1 aromatic carbocycles. The zero-order chi connectivity index (χ0) is 16.5. The maximum Gasteiger partial charge on any atom is 0.186 e. The number of nitrogens with zero attached hydrogens (tertiary/aromatic N) is 4. The maximum atomic E-state index is 4.92. The molecule has 124 valence electrons. The number of aryl methyl sites for hydroxylation is 2. The summed E-state index contributed by atoms with van der Waals surface area (Å²) in [6.07, 6.45) is 1.87. The lowest BCUT2D eigenvalue weighted by Crippen LogP contribution is -2.46. The number of aromatic nitrogens is 2. The van der Waals surface area contributed by atoms with Crippen LogP contribution in [0.4, 0.5) is 5.13 Å². The van der Waals surface area contributed by atoms with E-state index in [4.69, 9.17) is 4.98 Å². The first-order valence-electron chi connectivity index (χ1n) is 8.44. The van der Waals surface area contributed by atoms with E-state index >= 15 is 0 Å². The van der Waals surface area contributed by atoms with Crippen molar-refractivity contribution in [2.75, 3.05) is 31.1 Å². The Hall–Kier alpha value is -1.98. The zero-order valence-electron chi connectivity index (χ0n) is 14.2. The van der Waals surface area contributed by atoms with Gasteiger partial charge in [0.05, 0.1) is 15.9 Å². The Morgan fingerprint density at radius 2 is 1.88 bits per heavy atom. The molecule has 0 bridgehead atoms. The zero-order valence-corrected chi connectivity index (χ0v) is 15.0. The second kappa shape index (κ2) is 6.49. The Morgan fingerprint density at radius 1 is 1.04 bits per heavy atom. The fourth-order valence-corrected chi connectivity index (χ4v) is 4.24. The molecule has 3 aromatic rings. The van der Waals surface area contributed by atoms with Crippen molar-refractivity contribution in [1.29, 1.82) is 0 Å². The Bertz CT molecular complexity index is 835. The highest BCUT2D eigenvalue weighted by Gasteiger charge is 2.20. The van der Waals surface area contributed by atoms with Crippen LogP contribution in [0.15, 0.2) is 36.5 Å². The van der Waals surface area contributed by atoms with Crippen LogP contribution in [0, 0.1) is 13.8 Å². The van der Waals surface area contributed by atoms with Crippen molar-refractivity contribution in [2.45, 2.75) is 20.4 Å². The van der Waals surface area contributed by atoms with Gasteiger partial charge in [-0.3, -0.25) is 9.88 Å². The van der Waals surface area contributed by atoms with Gasteiger partial charge in [-0.2, -0.15) is 0 Å². The average Bonchev–Trinajstić information content (AvgIpc) is 3.05. The third-order valence-corrected chi connectivity index (χ3v) is 5.91. The highest BCUT2D eigenvalue weighted by molar-refractivity contribution is 7.22. The lowest BCUT2D eigenvalue weighted by Gasteiger charge is -2.34. The number of pyridine rings is 1. The third-order valence-electron chi connectivity index (χ3n) is 4.83. The van der Waals surface area contributed by atoms with E-state index in [2.05, 4.69) is 52.9 Å². The van der Waals surface area contributed by atoms with E-state index in [0.717, 1.165) is 43.5 Å². The van der Waals surface area contributed by atoms with Crippen LogP contribution in [0.25, 0.3) is 10.2 Å². The number of piperazine rings is 1. The molecule has 5 heteroatoms. The second-order valence-corrected chi connectivity index (χ2v) is 7.44. The topological polar surface area (TPSA) is 32.3 Å². The monoisotopic (exact) mass is 338 g/mol. The molecule has 0 radical (unpaired) electrons. The van der Waals surface area contributed by atoms with E-state index in [0.29, 0.717) is 0 Å². The van der Waals surface area contributed by atoms with Gasteiger partial charge in [-0.05, 0) is 43.2 Å². The summed E-state index contributed by atoms with van der Waals surface area (Å²) in [6, 6.07) is 10.5. The number of anilines is 1. The van der Waals surface area contributed by atoms with Crippen LogP contribution in [-0.2, 0) is 6.54 Å². The van der Waals surface area contributed by atoms with Gasteiger partial charge < -0.3 is 4.90 Å². The molecule has 1 saturated heterocycles. The van der Waals surface area contributed by atoms with Crippen LogP contribution in [-0.4, -0.2) is 41.0 Å². The number of hydrogen-bond acceptors (Lipinski definition) is 5. The normalized spacial score (nSPS) is 16.0. The smallest absolute Gasteiger partial charge is 0.186 e. The molecule has 0 spiro atoms. The summed E-state index contributed by atoms with van der Waals surface area (Å²) < 4.78 is 1.30. The Morgan fingerprint density at radius 3 is 2.62 bits per heavy atom. The highest BCUT2D eigenvalue weighted by atomic mass is 32.1. The molecule has 4 nitrogen and oxygen atoms in total. The first-order chi connectivity index (χ1) is 11.7. The molecule has 24 heavy (non-hydrogen) atoms. The van der Waals surface area contributed by atoms with Gasteiger partial charge in [-0.25, -0.2) is 4.98 Å². The van der Waals surface area contributed by atoms with Crippen LogP contribution in [0.5, 0.6) is 0 Å². The molecule has 3 heterocycles. The van der Waals surface area contributed by atoms with Crippen molar-refractivity contribution in [3.63, 3.8) is 0 Å². The summed E-state index contributed by atoms with van der Waals surface area (Å²) in [5.41, 5.74) is 4.95. The SMILES string of the molecule is Cc1ccc2sc(N3CCN(Cc4ccccn4)CC3)nc2c1C. The molecule has 2 aromatic heterocycles. The van der Waals surface area contributed by atoms with Crippen LogP contribution in [0.3, 0.4) is 0 Å². The van der Waals surface area contributed by atoms with Gasteiger partial charge in [-0.15, -0.1) is 0 Å². The molecular formula is C19H22N4S. The standard InChI is InChI=1S/C19H22N4S/c1-14-6-7-17-18(15(14)2)21-19(24-17)23-11-9-22(10-12-23)13-16-5-3-4-8-20-16/h3-8H,9-13H2,1-2H3. The molecule has 1 aliphatic rings. The predicted octanol–water partition coefficient (Wildman–Crippen LogP) is 3.63. The molecule has 1 aliphatic heterocycles. The van der Waals surface area contributed by atoms with Gasteiger partial charge in [0.2, 0.25) is 0 Å². The molecular weight excluding hydrogens is 316 g/mol. The molecule has 0 unspecified atom stereocenters. The fraction of sp³-hybridized carbons (Fsp3) is 0.368. The minimum Gasteiger partial charge on any atom is -0.345 e. The Balaban J connectivity index is 1.45. The molecule has 0 atom stereocenters. The van der Waals surface area contributed by atoms with Gasteiger partial charge in [0.25, 0.3) is 0 Å². The van der Waals surface area contributed by atoms with Crippen molar-refractivity contribution in [1.82, 2.24) is 14.9 Å². The van der Waals surface area contributed by atoms with Gasteiger partial charge in [0.1, 0.15) is 0 Å². The van der Waals surface area contributed by atoms with Crippen LogP contribution < -0.4 is 4.90 Å². The largest absolute Gasteiger partial charge is 0.345 e. The molecule has 0 N–H and O–H groups in total. The van der Waals surface area contributed by atoms with Crippen molar-refractivity contribution in [2.24, 2.45) is 0 Å². The van der Waals surface area contributed by atoms with Crippen molar-refractivity contribution >= 4 is 26.7 Å². The van der Waals surface area contributed by atoms with E-state index in [1.54, 1.807) is 0 Å². The summed E-state index contributed by atoms with van der Waals surface area (Å²) in [4.78, 5) is 14.2. The third kappa shape index (κ3) is 3.01. The molecule has 0 saturated carbocycles. The van der Waals surface area contributed by atoms with Crippen molar-refractivity contribution < 1.29 is 0 Å². The van der Waals surface area contributed by atoms with E-state index in [-0.39, 0.29) is 0 Å². The van der Waals surface area contributed by atoms with E-state index < -0.39 is 0 Å². The van der Waals surface area contributed by atoms with E-state index in [1.165, 1.54) is 21.3 Å². The van der Waals surface area contributed by atoms with Gasteiger partial charge in [0, 0.05) is 38.9 Å². The summed E-state index contributed by atoms with van der Waals surface area (Å²) in [5.74, 6) is 0. The minimum atomic E-state index is 0.937. The van der Waals surface area contributed by atoms with Crippen molar-refractivity contribution in [3.8, 4) is 0 Å². The lowest BCUT2D eigenvalue weighted by molar-refractivity contribution is 0.247. The van der Waals surface area contributed by atoms with E-state index in [9.17, 15) is 0 Å². The van der Waals surface area contributed by atoms with Crippen molar-refractivity contribution in [3.05, 3.63) is 53.3 Å². The van der Waals surface area contributed by atoms with Crippen LogP contribution in [0.1, 0.15) is 16.8 Å². The highest BCUT2D eigenvalue weighted by Crippen LogP contribution is 2.32. The van der Waals surface area contributed by atoms with Crippen LogP contribution >= 0.6 is 11.3 Å². The lowest BCUT2D eigenvalue weighted by atomic mass is 10.1.